The summed E-state index contributed by atoms with van der Waals surface area (Å²) in [7, 11) is 1.77. The average molecular weight is 228 g/mol. The Hall–Kier alpha value is -0.120. The maximum absolute atomic E-state index is 5.20. The number of nitrogens with one attached hydrogen (secondary N) is 1. The fraction of sp³-hybridized carbons (Fsp3) is 1.00. The van der Waals surface area contributed by atoms with Crippen LogP contribution >= 0.6 is 0 Å². The minimum Gasteiger partial charge on any atom is -0.383 e. The molecule has 16 heavy (non-hydrogen) atoms. The van der Waals surface area contributed by atoms with Crippen molar-refractivity contribution in [3.8, 4) is 0 Å². The van der Waals surface area contributed by atoms with Crippen LogP contribution in [0.25, 0.3) is 0 Å². The van der Waals surface area contributed by atoms with E-state index >= 15 is 0 Å². The summed E-state index contributed by atoms with van der Waals surface area (Å²) in [6.45, 7) is 15.5. The van der Waals surface area contributed by atoms with Crippen LogP contribution in [-0.4, -0.2) is 49.8 Å². The van der Waals surface area contributed by atoms with Crippen molar-refractivity contribution in [2.45, 2.75) is 46.2 Å². The average Bonchev–Trinajstić information content (AvgIpc) is 2.13. The van der Waals surface area contributed by atoms with E-state index in [1.54, 1.807) is 7.11 Å². The highest BCUT2D eigenvalue weighted by Gasteiger charge is 2.37. The van der Waals surface area contributed by atoms with Gasteiger partial charge in [-0.2, -0.15) is 0 Å². The van der Waals surface area contributed by atoms with E-state index in [2.05, 4.69) is 44.8 Å². The first-order valence-electron chi connectivity index (χ1n) is 6.25. The Morgan fingerprint density at radius 1 is 1.38 bits per heavy atom. The van der Waals surface area contributed by atoms with Gasteiger partial charge in [-0.15, -0.1) is 0 Å². The topological polar surface area (TPSA) is 24.5 Å². The maximum atomic E-state index is 5.20. The minimum atomic E-state index is 0.236. The van der Waals surface area contributed by atoms with Crippen molar-refractivity contribution in [1.29, 1.82) is 0 Å². The summed E-state index contributed by atoms with van der Waals surface area (Å²) in [5.74, 6) is 0. The smallest absolute Gasteiger partial charge is 0.0589 e. The number of methoxy groups -OCH3 is 1. The Bertz CT molecular complexity index is 220. The van der Waals surface area contributed by atoms with E-state index in [-0.39, 0.29) is 5.54 Å². The first-order valence-corrected chi connectivity index (χ1v) is 6.25. The van der Waals surface area contributed by atoms with E-state index in [9.17, 15) is 0 Å². The molecule has 1 heterocycles. The number of hydrogen-bond donors (Lipinski definition) is 1. The van der Waals surface area contributed by atoms with Gasteiger partial charge in [-0.05, 0) is 19.3 Å². The van der Waals surface area contributed by atoms with Gasteiger partial charge in [0.1, 0.15) is 0 Å². The van der Waals surface area contributed by atoms with Crippen LogP contribution in [0.15, 0.2) is 0 Å². The van der Waals surface area contributed by atoms with Crippen LogP contribution in [-0.2, 0) is 4.74 Å². The van der Waals surface area contributed by atoms with E-state index in [0.29, 0.717) is 11.5 Å². The van der Waals surface area contributed by atoms with Crippen LogP contribution in [0.4, 0.5) is 0 Å². The number of hydrogen-bond acceptors (Lipinski definition) is 3. The molecule has 0 aromatic heterocycles. The summed E-state index contributed by atoms with van der Waals surface area (Å²) in [5, 5.41) is 3.67. The molecule has 1 saturated heterocycles. The molecule has 3 heteroatoms. The van der Waals surface area contributed by atoms with Gasteiger partial charge in [0.25, 0.3) is 0 Å². The minimum absolute atomic E-state index is 0.236. The van der Waals surface area contributed by atoms with E-state index in [1.807, 2.05) is 0 Å². The lowest BCUT2D eigenvalue weighted by Gasteiger charge is -2.49. The predicted molar refractivity (Wildman–Crippen MR) is 68.8 cm³/mol. The van der Waals surface area contributed by atoms with Gasteiger partial charge in [0, 0.05) is 38.3 Å². The molecule has 0 spiro atoms. The Labute approximate surface area is 101 Å². The summed E-state index contributed by atoms with van der Waals surface area (Å²) < 4.78 is 5.20. The van der Waals surface area contributed by atoms with Crippen LogP contribution in [0.1, 0.15) is 34.6 Å². The first-order chi connectivity index (χ1) is 7.27. The van der Waals surface area contributed by atoms with Crippen LogP contribution in [0.5, 0.6) is 0 Å². The molecule has 96 valence electrons. The van der Waals surface area contributed by atoms with Crippen LogP contribution in [0.2, 0.25) is 0 Å². The number of rotatable bonds is 3. The van der Waals surface area contributed by atoms with Crippen LogP contribution in [0, 0.1) is 5.41 Å². The standard InChI is InChI=1S/C13H28N2O/c1-12(2,3)11-9-15(7-8-16-6)13(4,5)10-14-11/h11,14H,7-10H2,1-6H3. The second kappa shape index (κ2) is 5.03. The molecule has 0 radical (unpaired) electrons. The Balaban J connectivity index is 2.62. The molecule has 0 aromatic carbocycles. The Morgan fingerprint density at radius 2 is 2.00 bits per heavy atom. The number of piperazine rings is 1. The van der Waals surface area contributed by atoms with Gasteiger partial charge in [0.15, 0.2) is 0 Å². The fourth-order valence-corrected chi connectivity index (χ4v) is 2.19. The van der Waals surface area contributed by atoms with Crippen molar-refractivity contribution < 1.29 is 4.74 Å². The summed E-state index contributed by atoms with van der Waals surface area (Å²) in [6, 6.07) is 0.567. The molecule has 0 aromatic rings. The molecule has 1 N–H and O–H groups in total. The summed E-state index contributed by atoms with van der Waals surface area (Å²) in [5.41, 5.74) is 0.558. The number of ether oxygens (including phenoxy) is 1. The highest BCUT2D eigenvalue weighted by molar-refractivity contribution is 4.96. The monoisotopic (exact) mass is 228 g/mol. The molecule has 1 aliphatic heterocycles. The van der Waals surface area contributed by atoms with Crippen molar-refractivity contribution in [3.63, 3.8) is 0 Å². The lowest BCUT2D eigenvalue weighted by Crippen LogP contribution is -2.65. The third kappa shape index (κ3) is 3.44. The predicted octanol–water partition coefficient (Wildman–Crippen LogP) is 1.73. The van der Waals surface area contributed by atoms with E-state index in [0.717, 1.165) is 26.2 Å². The second-order valence-electron chi connectivity index (χ2n) is 6.55. The van der Waals surface area contributed by atoms with Crippen molar-refractivity contribution in [3.05, 3.63) is 0 Å². The largest absolute Gasteiger partial charge is 0.383 e. The Morgan fingerprint density at radius 3 is 2.50 bits per heavy atom. The van der Waals surface area contributed by atoms with E-state index < -0.39 is 0 Å². The van der Waals surface area contributed by atoms with Gasteiger partial charge in [0.2, 0.25) is 0 Å². The van der Waals surface area contributed by atoms with Crippen molar-refractivity contribution >= 4 is 0 Å². The molecular weight excluding hydrogens is 200 g/mol. The van der Waals surface area contributed by atoms with Gasteiger partial charge in [-0.1, -0.05) is 20.8 Å². The van der Waals surface area contributed by atoms with Gasteiger partial charge in [-0.25, -0.2) is 0 Å². The molecule has 1 unspecified atom stereocenters. The maximum Gasteiger partial charge on any atom is 0.0589 e. The second-order valence-corrected chi connectivity index (χ2v) is 6.55. The zero-order valence-corrected chi connectivity index (χ0v) is 11.8. The van der Waals surface area contributed by atoms with E-state index in [4.69, 9.17) is 4.74 Å². The lowest BCUT2D eigenvalue weighted by atomic mass is 9.83. The fourth-order valence-electron chi connectivity index (χ4n) is 2.19. The summed E-state index contributed by atoms with van der Waals surface area (Å²) >= 11 is 0. The van der Waals surface area contributed by atoms with Gasteiger partial charge >= 0.3 is 0 Å². The SMILES string of the molecule is COCCN1CC(C(C)(C)C)NCC1(C)C. The molecule has 3 nitrogen and oxygen atoms in total. The quantitative estimate of drug-likeness (QED) is 0.796. The van der Waals surface area contributed by atoms with E-state index in [1.165, 1.54) is 0 Å². The molecule has 0 bridgehead atoms. The molecule has 1 atom stereocenters. The number of nitrogens with zero attached hydrogens (tertiary/aromatic N) is 1. The van der Waals surface area contributed by atoms with Gasteiger partial charge in [-0.3, -0.25) is 4.90 Å². The lowest BCUT2D eigenvalue weighted by molar-refractivity contribution is 0.0176. The molecule has 0 amide bonds. The third-order valence-corrected chi connectivity index (χ3v) is 3.65. The molecule has 1 rings (SSSR count). The molecular formula is C13H28N2O. The zero-order chi connectivity index (χ0) is 12.4. The first kappa shape index (κ1) is 13.9. The van der Waals surface area contributed by atoms with Crippen molar-refractivity contribution in [1.82, 2.24) is 10.2 Å². The molecule has 1 fully saturated rings. The highest BCUT2D eigenvalue weighted by Crippen LogP contribution is 2.27. The van der Waals surface area contributed by atoms with Crippen LogP contribution < -0.4 is 5.32 Å². The zero-order valence-electron chi connectivity index (χ0n) is 11.8. The van der Waals surface area contributed by atoms with Crippen LogP contribution in [0.3, 0.4) is 0 Å². The molecule has 0 aliphatic carbocycles. The summed E-state index contributed by atoms with van der Waals surface area (Å²) in [4.78, 5) is 2.54. The normalized spacial score (nSPS) is 27.0. The van der Waals surface area contributed by atoms with Crippen molar-refractivity contribution in [2.24, 2.45) is 5.41 Å². The molecule has 1 aliphatic rings. The third-order valence-electron chi connectivity index (χ3n) is 3.65. The van der Waals surface area contributed by atoms with Crippen molar-refractivity contribution in [2.75, 3.05) is 33.4 Å². The Kier molecular flexibility index (Phi) is 4.38. The summed E-state index contributed by atoms with van der Waals surface area (Å²) in [6.07, 6.45) is 0. The van der Waals surface area contributed by atoms with Gasteiger partial charge in [0.05, 0.1) is 6.61 Å². The highest BCUT2D eigenvalue weighted by atomic mass is 16.5. The van der Waals surface area contributed by atoms with Gasteiger partial charge < -0.3 is 10.1 Å². The molecule has 0 saturated carbocycles.